The summed E-state index contributed by atoms with van der Waals surface area (Å²) in [6.07, 6.45) is 0. The largest absolute Gasteiger partial charge is 0.308 e. The predicted octanol–water partition coefficient (Wildman–Crippen LogP) is 13.9. The summed E-state index contributed by atoms with van der Waals surface area (Å²) in [4.78, 5) is 2.37. The zero-order valence-electron chi connectivity index (χ0n) is 28.5. The minimum Gasteiger partial charge on any atom is -0.308 e. The van der Waals surface area contributed by atoms with E-state index in [-0.39, 0.29) is 0 Å². The fraction of sp³-hybridized carbons (Fsp3) is 0. The van der Waals surface area contributed by atoms with Crippen molar-refractivity contribution < 1.29 is 0 Å². The lowest BCUT2D eigenvalue weighted by Crippen LogP contribution is -2.11. The number of anilines is 3. The molecule has 10 aromatic rings. The van der Waals surface area contributed by atoms with Gasteiger partial charge in [0.2, 0.25) is 0 Å². The van der Waals surface area contributed by atoms with Crippen LogP contribution in [-0.4, -0.2) is 4.57 Å². The number of hydrogen-bond donors (Lipinski definition) is 0. The SMILES string of the molecule is c1ccc(-c2c3ccccc3c(-c3ccc(-n4c5ccccc5c5cccc(N(c6ccccc6)c6ccccc6)c54)cc3)c3ccccc23)cc1. The summed E-state index contributed by atoms with van der Waals surface area (Å²) in [6.45, 7) is 0. The first kappa shape index (κ1) is 30.0. The number of hydrogen-bond acceptors (Lipinski definition) is 1. The Morgan fingerprint density at radius 3 is 1.27 bits per heavy atom. The van der Waals surface area contributed by atoms with E-state index in [1.165, 1.54) is 65.6 Å². The number of rotatable bonds is 6. The van der Waals surface area contributed by atoms with Gasteiger partial charge in [0, 0.05) is 27.8 Å². The van der Waals surface area contributed by atoms with E-state index in [4.69, 9.17) is 0 Å². The molecule has 0 aliphatic heterocycles. The van der Waals surface area contributed by atoms with Crippen LogP contribution in [0.25, 0.3) is 71.3 Å². The molecule has 0 saturated carbocycles. The summed E-state index contributed by atoms with van der Waals surface area (Å²) in [5, 5.41) is 7.50. The highest BCUT2D eigenvalue weighted by molar-refractivity contribution is 6.21. The van der Waals surface area contributed by atoms with E-state index >= 15 is 0 Å². The lowest BCUT2D eigenvalue weighted by atomic mass is 9.86. The molecule has 0 aliphatic carbocycles. The molecule has 0 unspecified atom stereocenters. The van der Waals surface area contributed by atoms with Gasteiger partial charge in [-0.2, -0.15) is 0 Å². The number of fused-ring (bicyclic) bond motifs is 5. The van der Waals surface area contributed by atoms with Gasteiger partial charge < -0.3 is 9.47 Å². The minimum absolute atomic E-state index is 1.12. The van der Waals surface area contributed by atoms with E-state index < -0.39 is 0 Å². The molecule has 1 heterocycles. The third-order valence-electron chi connectivity index (χ3n) is 10.4. The second-order valence-corrected chi connectivity index (χ2v) is 13.3. The molecular weight excluding hydrogens is 629 g/mol. The molecule has 0 saturated heterocycles. The highest BCUT2D eigenvalue weighted by atomic mass is 15.2. The zero-order valence-corrected chi connectivity index (χ0v) is 28.5. The van der Waals surface area contributed by atoms with Crippen LogP contribution in [0.2, 0.25) is 0 Å². The fourth-order valence-electron chi connectivity index (χ4n) is 8.16. The van der Waals surface area contributed by atoms with E-state index in [0.29, 0.717) is 0 Å². The van der Waals surface area contributed by atoms with Gasteiger partial charge in [0.1, 0.15) is 0 Å². The molecule has 0 spiro atoms. The molecule has 0 atom stereocenters. The van der Waals surface area contributed by atoms with Crippen molar-refractivity contribution in [3.63, 3.8) is 0 Å². The Bertz CT molecular complexity index is 2780. The Hall–Kier alpha value is -6.90. The van der Waals surface area contributed by atoms with Crippen molar-refractivity contribution in [1.82, 2.24) is 4.57 Å². The maximum absolute atomic E-state index is 2.44. The first-order valence-electron chi connectivity index (χ1n) is 17.9. The highest BCUT2D eigenvalue weighted by Crippen LogP contribution is 2.45. The van der Waals surface area contributed by atoms with Gasteiger partial charge in [-0.05, 0) is 92.3 Å². The summed E-state index contributed by atoms with van der Waals surface area (Å²) in [5.41, 5.74) is 11.8. The lowest BCUT2D eigenvalue weighted by Gasteiger charge is -2.27. The summed E-state index contributed by atoms with van der Waals surface area (Å²) >= 11 is 0. The van der Waals surface area contributed by atoms with Crippen LogP contribution in [0, 0.1) is 0 Å². The number of aromatic nitrogens is 1. The zero-order chi connectivity index (χ0) is 34.4. The third-order valence-corrected chi connectivity index (χ3v) is 10.4. The number of para-hydroxylation sites is 4. The van der Waals surface area contributed by atoms with Gasteiger partial charge in [-0.1, -0.05) is 158 Å². The molecule has 0 amide bonds. The van der Waals surface area contributed by atoms with Gasteiger partial charge in [-0.15, -0.1) is 0 Å². The van der Waals surface area contributed by atoms with Crippen LogP contribution in [0.1, 0.15) is 0 Å². The van der Waals surface area contributed by atoms with E-state index in [2.05, 4.69) is 216 Å². The van der Waals surface area contributed by atoms with Crippen LogP contribution >= 0.6 is 0 Å². The summed E-state index contributed by atoms with van der Waals surface area (Å²) in [6, 6.07) is 74.5. The van der Waals surface area contributed by atoms with Crippen molar-refractivity contribution in [2.45, 2.75) is 0 Å². The van der Waals surface area contributed by atoms with E-state index in [1.807, 2.05) is 0 Å². The second kappa shape index (κ2) is 12.5. The smallest absolute Gasteiger partial charge is 0.0782 e. The first-order chi connectivity index (χ1) is 25.8. The maximum Gasteiger partial charge on any atom is 0.0782 e. The molecule has 0 N–H and O–H groups in total. The van der Waals surface area contributed by atoms with Crippen molar-refractivity contribution in [3.8, 4) is 27.9 Å². The lowest BCUT2D eigenvalue weighted by molar-refractivity contribution is 1.17. The van der Waals surface area contributed by atoms with Gasteiger partial charge >= 0.3 is 0 Å². The molecule has 0 bridgehead atoms. The van der Waals surface area contributed by atoms with E-state index in [0.717, 1.165) is 22.7 Å². The minimum atomic E-state index is 1.12. The second-order valence-electron chi connectivity index (χ2n) is 13.3. The Morgan fingerprint density at radius 2 is 0.731 bits per heavy atom. The molecule has 9 aromatic carbocycles. The van der Waals surface area contributed by atoms with Crippen LogP contribution in [0.15, 0.2) is 206 Å². The predicted molar refractivity (Wildman–Crippen MR) is 221 cm³/mol. The fourth-order valence-corrected chi connectivity index (χ4v) is 8.16. The molecule has 2 nitrogen and oxygen atoms in total. The van der Waals surface area contributed by atoms with Crippen molar-refractivity contribution in [3.05, 3.63) is 206 Å². The van der Waals surface area contributed by atoms with Gasteiger partial charge in [-0.25, -0.2) is 0 Å². The maximum atomic E-state index is 2.44. The van der Waals surface area contributed by atoms with Crippen molar-refractivity contribution in [2.24, 2.45) is 0 Å². The van der Waals surface area contributed by atoms with Crippen LogP contribution in [0.4, 0.5) is 17.1 Å². The van der Waals surface area contributed by atoms with Crippen LogP contribution < -0.4 is 4.90 Å². The molecule has 244 valence electrons. The van der Waals surface area contributed by atoms with Crippen molar-refractivity contribution in [2.75, 3.05) is 4.90 Å². The molecule has 10 rings (SSSR count). The molecule has 0 aliphatic rings. The van der Waals surface area contributed by atoms with Crippen LogP contribution in [-0.2, 0) is 0 Å². The molecule has 0 radical (unpaired) electrons. The van der Waals surface area contributed by atoms with Crippen LogP contribution in [0.5, 0.6) is 0 Å². The van der Waals surface area contributed by atoms with Gasteiger partial charge in [0.05, 0.1) is 16.7 Å². The summed E-state index contributed by atoms with van der Waals surface area (Å²) in [5.74, 6) is 0. The Morgan fingerprint density at radius 1 is 0.308 bits per heavy atom. The third kappa shape index (κ3) is 4.80. The van der Waals surface area contributed by atoms with Crippen LogP contribution in [0.3, 0.4) is 0 Å². The Labute approximate surface area is 303 Å². The van der Waals surface area contributed by atoms with Gasteiger partial charge in [0.25, 0.3) is 0 Å². The molecule has 0 fully saturated rings. The summed E-state index contributed by atoms with van der Waals surface area (Å²) < 4.78 is 2.44. The van der Waals surface area contributed by atoms with Gasteiger partial charge in [0.15, 0.2) is 0 Å². The Balaban J connectivity index is 1.21. The standard InChI is InChI=1S/C50H34N2/c1-4-17-35(18-5-1)48-41-24-10-12-26-43(41)49(44-27-13-11-25-42(44)48)36-31-33-39(34-32-36)52-46-29-15-14-23-40(46)45-28-16-30-47(50(45)52)51(37-19-6-2-7-20-37)38-21-8-3-9-22-38/h1-34H. The van der Waals surface area contributed by atoms with Crippen molar-refractivity contribution >= 4 is 60.4 Å². The van der Waals surface area contributed by atoms with E-state index in [9.17, 15) is 0 Å². The molecular formula is C50H34N2. The molecule has 52 heavy (non-hydrogen) atoms. The first-order valence-corrected chi connectivity index (χ1v) is 17.9. The quantitative estimate of drug-likeness (QED) is 0.161. The number of benzene rings is 9. The highest BCUT2D eigenvalue weighted by Gasteiger charge is 2.22. The number of nitrogens with zero attached hydrogens (tertiary/aromatic N) is 2. The Kier molecular flexibility index (Phi) is 7.18. The monoisotopic (exact) mass is 662 g/mol. The van der Waals surface area contributed by atoms with E-state index in [1.54, 1.807) is 0 Å². The molecule has 1 aromatic heterocycles. The molecule has 2 heteroatoms. The average molecular weight is 663 g/mol. The van der Waals surface area contributed by atoms with Gasteiger partial charge in [-0.3, -0.25) is 0 Å². The normalized spacial score (nSPS) is 11.5. The average Bonchev–Trinajstić information content (AvgIpc) is 3.56. The summed E-state index contributed by atoms with van der Waals surface area (Å²) in [7, 11) is 0. The van der Waals surface area contributed by atoms with Crippen molar-refractivity contribution in [1.29, 1.82) is 0 Å². The topological polar surface area (TPSA) is 8.17 Å².